The van der Waals surface area contributed by atoms with Crippen LogP contribution in [0.15, 0.2) is 54.6 Å². The van der Waals surface area contributed by atoms with E-state index < -0.39 is 0 Å². The zero-order chi connectivity index (χ0) is 12.1. The monoisotopic (exact) mass is 331 g/mol. The summed E-state index contributed by atoms with van der Waals surface area (Å²) in [6.45, 7) is 0. The lowest BCUT2D eigenvalue weighted by Crippen LogP contribution is -1.83. The molecule has 2 aromatic rings. The summed E-state index contributed by atoms with van der Waals surface area (Å²) >= 11 is 2.25. The number of nitriles is 1. The van der Waals surface area contributed by atoms with Crippen molar-refractivity contribution in [3.05, 3.63) is 69.3 Å². The lowest BCUT2D eigenvalue weighted by Gasteiger charge is -2.00. The topological polar surface area (TPSA) is 23.8 Å². The fraction of sp³-hybridized carbons (Fsp3) is 0. The first-order valence-corrected chi connectivity index (χ1v) is 6.30. The van der Waals surface area contributed by atoms with Crippen LogP contribution in [0.2, 0.25) is 0 Å². The van der Waals surface area contributed by atoms with E-state index in [0.29, 0.717) is 5.57 Å². The zero-order valence-corrected chi connectivity index (χ0v) is 11.3. The predicted octanol–water partition coefficient (Wildman–Crippen LogP) is 4.36. The van der Waals surface area contributed by atoms with Crippen LogP contribution in [0.1, 0.15) is 11.1 Å². The average Bonchev–Trinajstić information content (AvgIpc) is 2.37. The molecule has 0 amide bonds. The highest BCUT2D eigenvalue weighted by molar-refractivity contribution is 14.1. The molecule has 0 aliphatic rings. The molecule has 0 saturated carbocycles. The van der Waals surface area contributed by atoms with Crippen LogP contribution >= 0.6 is 22.6 Å². The summed E-state index contributed by atoms with van der Waals surface area (Å²) in [7, 11) is 0. The van der Waals surface area contributed by atoms with Gasteiger partial charge in [-0.25, -0.2) is 0 Å². The Kier molecular flexibility index (Phi) is 3.94. The maximum Gasteiger partial charge on any atom is 0.0998 e. The van der Waals surface area contributed by atoms with Crippen LogP contribution < -0.4 is 0 Å². The Labute approximate surface area is 115 Å². The molecule has 0 fully saturated rings. The minimum atomic E-state index is 0.690. The number of hydrogen-bond acceptors (Lipinski definition) is 1. The van der Waals surface area contributed by atoms with Gasteiger partial charge in [0, 0.05) is 3.57 Å². The Morgan fingerprint density at radius 2 is 1.82 bits per heavy atom. The number of nitrogens with zero attached hydrogens (tertiary/aromatic N) is 1. The third-order valence-corrected chi connectivity index (χ3v) is 3.04. The van der Waals surface area contributed by atoms with Crippen molar-refractivity contribution in [2.45, 2.75) is 0 Å². The maximum atomic E-state index is 9.21. The number of rotatable bonds is 2. The van der Waals surface area contributed by atoms with Crippen LogP contribution in [0.4, 0.5) is 0 Å². The van der Waals surface area contributed by atoms with E-state index >= 15 is 0 Å². The van der Waals surface area contributed by atoms with E-state index in [4.69, 9.17) is 0 Å². The smallest absolute Gasteiger partial charge is 0.0998 e. The van der Waals surface area contributed by atoms with Crippen molar-refractivity contribution in [1.82, 2.24) is 0 Å². The van der Waals surface area contributed by atoms with Gasteiger partial charge < -0.3 is 0 Å². The first-order valence-electron chi connectivity index (χ1n) is 5.22. The lowest BCUT2D eigenvalue weighted by atomic mass is 10.0. The van der Waals surface area contributed by atoms with Crippen LogP contribution in [0.3, 0.4) is 0 Å². The molecule has 0 atom stereocenters. The van der Waals surface area contributed by atoms with Gasteiger partial charge in [0.05, 0.1) is 11.6 Å². The first kappa shape index (κ1) is 11.9. The summed E-state index contributed by atoms with van der Waals surface area (Å²) in [5, 5.41) is 9.21. The zero-order valence-electron chi connectivity index (χ0n) is 9.10. The molecule has 2 aromatic carbocycles. The number of benzene rings is 2. The summed E-state index contributed by atoms with van der Waals surface area (Å²) in [6, 6.07) is 20.1. The van der Waals surface area contributed by atoms with Gasteiger partial charge in [-0.15, -0.1) is 0 Å². The second-order valence-electron chi connectivity index (χ2n) is 3.59. The minimum absolute atomic E-state index is 0.690. The molecule has 0 aliphatic heterocycles. The molecule has 0 N–H and O–H groups in total. The van der Waals surface area contributed by atoms with E-state index in [2.05, 4.69) is 28.7 Å². The molecular weight excluding hydrogens is 321 g/mol. The number of halogens is 1. The van der Waals surface area contributed by atoms with Gasteiger partial charge in [-0.2, -0.15) is 5.26 Å². The molecular formula is C15H10IN. The van der Waals surface area contributed by atoms with E-state index in [9.17, 15) is 5.26 Å². The molecule has 1 nitrogen and oxygen atoms in total. The largest absolute Gasteiger partial charge is 0.192 e. The second-order valence-corrected chi connectivity index (χ2v) is 4.84. The quantitative estimate of drug-likeness (QED) is 0.456. The van der Waals surface area contributed by atoms with Crippen molar-refractivity contribution < 1.29 is 0 Å². The van der Waals surface area contributed by atoms with Crippen LogP contribution in [0, 0.1) is 14.9 Å². The normalized spacial score (nSPS) is 10.9. The van der Waals surface area contributed by atoms with E-state index in [-0.39, 0.29) is 0 Å². The van der Waals surface area contributed by atoms with Crippen molar-refractivity contribution >= 4 is 34.2 Å². The Bertz CT molecular complexity index is 579. The highest BCUT2D eigenvalue weighted by Gasteiger charge is 2.01. The molecule has 2 heteroatoms. The lowest BCUT2D eigenvalue weighted by molar-refractivity contribution is 1.51. The van der Waals surface area contributed by atoms with Gasteiger partial charge in [-0.1, -0.05) is 42.5 Å². The third kappa shape index (κ3) is 3.18. The summed E-state index contributed by atoms with van der Waals surface area (Å²) in [5.74, 6) is 0. The molecule has 0 aliphatic carbocycles. The Hall–Kier alpha value is -1.60. The molecule has 0 spiro atoms. The number of hydrogen-bond donors (Lipinski definition) is 0. The molecule has 0 heterocycles. The molecule has 82 valence electrons. The standard InChI is InChI=1S/C15H10IN/c16-15-8-4-7-13(10-15)14(11-17)9-12-5-2-1-3-6-12/h1-10H/b14-9+. The molecule has 0 unspecified atom stereocenters. The summed E-state index contributed by atoms with van der Waals surface area (Å²) < 4.78 is 1.13. The Morgan fingerprint density at radius 3 is 2.47 bits per heavy atom. The average molecular weight is 331 g/mol. The Morgan fingerprint density at radius 1 is 1.06 bits per heavy atom. The molecule has 2 rings (SSSR count). The third-order valence-electron chi connectivity index (χ3n) is 2.37. The van der Waals surface area contributed by atoms with Crippen LogP contribution in [0.25, 0.3) is 11.6 Å². The predicted molar refractivity (Wildman–Crippen MR) is 79.1 cm³/mol. The first-order chi connectivity index (χ1) is 8.29. The van der Waals surface area contributed by atoms with Crippen LogP contribution in [-0.2, 0) is 0 Å². The van der Waals surface area contributed by atoms with Gasteiger partial charge in [0.1, 0.15) is 0 Å². The Balaban J connectivity index is 2.42. The van der Waals surface area contributed by atoms with Crippen LogP contribution in [0.5, 0.6) is 0 Å². The van der Waals surface area contributed by atoms with Crippen molar-refractivity contribution in [2.24, 2.45) is 0 Å². The van der Waals surface area contributed by atoms with E-state index in [1.165, 1.54) is 0 Å². The highest BCUT2D eigenvalue weighted by Crippen LogP contribution is 2.19. The fourth-order valence-corrected chi connectivity index (χ4v) is 2.10. The summed E-state index contributed by atoms with van der Waals surface area (Å²) in [5.41, 5.74) is 2.70. The van der Waals surface area contributed by atoms with Gasteiger partial charge in [-0.3, -0.25) is 0 Å². The van der Waals surface area contributed by atoms with Gasteiger partial charge >= 0.3 is 0 Å². The summed E-state index contributed by atoms with van der Waals surface area (Å²) in [4.78, 5) is 0. The molecule has 0 bridgehead atoms. The van der Waals surface area contributed by atoms with Crippen molar-refractivity contribution in [2.75, 3.05) is 0 Å². The molecule has 0 radical (unpaired) electrons. The van der Waals surface area contributed by atoms with Crippen LogP contribution in [-0.4, -0.2) is 0 Å². The van der Waals surface area contributed by atoms with E-state index in [0.717, 1.165) is 14.7 Å². The second kappa shape index (κ2) is 5.65. The molecule has 0 saturated heterocycles. The fourth-order valence-electron chi connectivity index (χ4n) is 1.55. The van der Waals surface area contributed by atoms with E-state index in [1.54, 1.807) is 0 Å². The van der Waals surface area contributed by atoms with E-state index in [1.807, 2.05) is 60.7 Å². The SMILES string of the molecule is N#C/C(=C\c1ccccc1)c1cccc(I)c1. The van der Waals surface area contributed by atoms with Crippen molar-refractivity contribution in [3.8, 4) is 6.07 Å². The summed E-state index contributed by atoms with van der Waals surface area (Å²) in [6.07, 6.45) is 1.91. The van der Waals surface area contributed by atoms with Gasteiger partial charge in [-0.05, 0) is 51.9 Å². The van der Waals surface area contributed by atoms with Gasteiger partial charge in [0.25, 0.3) is 0 Å². The molecule has 17 heavy (non-hydrogen) atoms. The maximum absolute atomic E-state index is 9.21. The van der Waals surface area contributed by atoms with Crippen molar-refractivity contribution in [3.63, 3.8) is 0 Å². The number of allylic oxidation sites excluding steroid dienone is 1. The molecule has 0 aromatic heterocycles. The van der Waals surface area contributed by atoms with Crippen molar-refractivity contribution in [1.29, 1.82) is 5.26 Å². The van der Waals surface area contributed by atoms with Gasteiger partial charge in [0.15, 0.2) is 0 Å². The van der Waals surface area contributed by atoms with Gasteiger partial charge in [0.2, 0.25) is 0 Å². The highest BCUT2D eigenvalue weighted by atomic mass is 127. The minimum Gasteiger partial charge on any atom is -0.192 e.